The van der Waals surface area contributed by atoms with Crippen molar-refractivity contribution in [3.63, 3.8) is 0 Å². The number of aryl methyl sites for hydroxylation is 1. The maximum Gasteiger partial charge on any atom is 0.231 e. The van der Waals surface area contributed by atoms with Gasteiger partial charge in [0.1, 0.15) is 22.5 Å². The van der Waals surface area contributed by atoms with Crippen LogP contribution in [-0.4, -0.2) is 43.6 Å². The molecule has 0 saturated heterocycles. The maximum absolute atomic E-state index is 12.1. The van der Waals surface area contributed by atoms with Crippen molar-refractivity contribution >= 4 is 52.1 Å². The molecule has 2 aromatic carbocycles. The second kappa shape index (κ2) is 11.3. The molecular weight excluding hydrogens is 452 g/mol. The van der Waals surface area contributed by atoms with E-state index in [2.05, 4.69) is 59.0 Å². The summed E-state index contributed by atoms with van der Waals surface area (Å²) in [5, 5.41) is 7.49. The number of anilines is 3. The molecule has 4 rings (SSSR count). The van der Waals surface area contributed by atoms with Crippen molar-refractivity contribution in [2.24, 2.45) is 0 Å². The second-order valence-electron chi connectivity index (χ2n) is 7.98. The van der Waals surface area contributed by atoms with Crippen LogP contribution in [0.1, 0.15) is 19.4 Å². The number of rotatable bonds is 6. The van der Waals surface area contributed by atoms with Gasteiger partial charge in [0.15, 0.2) is 0 Å². The summed E-state index contributed by atoms with van der Waals surface area (Å²) in [5.41, 5.74) is 2.88. The number of benzene rings is 2. The van der Waals surface area contributed by atoms with E-state index in [9.17, 15) is 4.21 Å². The van der Waals surface area contributed by atoms with Crippen LogP contribution in [0, 0.1) is 6.92 Å². The van der Waals surface area contributed by atoms with Crippen LogP contribution < -0.4 is 10.6 Å². The lowest BCUT2D eigenvalue weighted by atomic mass is 10.2. The van der Waals surface area contributed by atoms with E-state index in [1.165, 1.54) is 5.56 Å². The Morgan fingerprint density at radius 1 is 1.00 bits per heavy atom. The first-order chi connectivity index (χ1) is 15.7. The molecule has 0 radical (unpaired) electrons. The van der Waals surface area contributed by atoms with Crippen LogP contribution >= 0.6 is 12.6 Å². The molecule has 0 aliphatic rings. The zero-order valence-corrected chi connectivity index (χ0v) is 21.2. The van der Waals surface area contributed by atoms with Crippen molar-refractivity contribution in [3.05, 3.63) is 66.4 Å². The lowest BCUT2D eigenvalue weighted by molar-refractivity contribution is 0.603. The summed E-state index contributed by atoms with van der Waals surface area (Å²) >= 11 is 4.13. The summed E-state index contributed by atoms with van der Waals surface area (Å²) in [7, 11) is 2.41. The monoisotopic (exact) mass is 482 g/mol. The van der Waals surface area contributed by atoms with Gasteiger partial charge in [0, 0.05) is 22.8 Å². The quantitative estimate of drug-likeness (QED) is 0.277. The highest BCUT2D eigenvalue weighted by atomic mass is 32.2. The third kappa shape index (κ3) is 7.05. The van der Waals surface area contributed by atoms with E-state index < -0.39 is 11.0 Å². The molecule has 0 bridgehead atoms. The fourth-order valence-electron chi connectivity index (χ4n) is 2.92. The van der Waals surface area contributed by atoms with Crippen molar-refractivity contribution in [3.8, 4) is 0 Å². The Labute approximate surface area is 203 Å². The zero-order chi connectivity index (χ0) is 24.0. The average molecular weight is 483 g/mol. The minimum Gasteiger partial charge on any atom is -0.367 e. The normalized spacial score (nSPS) is 11.9. The molecule has 3 N–H and O–H groups in total. The van der Waals surface area contributed by atoms with Crippen molar-refractivity contribution in [2.45, 2.75) is 36.6 Å². The van der Waals surface area contributed by atoms with Gasteiger partial charge in [-0.3, -0.25) is 0 Å². The molecular formula is C24H30N6OS2. The van der Waals surface area contributed by atoms with Gasteiger partial charge in [-0.1, -0.05) is 17.7 Å². The molecule has 4 aromatic rings. The molecule has 0 aliphatic heterocycles. The van der Waals surface area contributed by atoms with Crippen molar-refractivity contribution in [2.75, 3.05) is 24.7 Å². The number of thiol groups is 1. The lowest BCUT2D eigenvalue weighted by Crippen LogP contribution is -2.15. The largest absolute Gasteiger partial charge is 0.367 e. The number of hydrogen-bond acceptors (Lipinski definition) is 6. The maximum atomic E-state index is 12.1. The summed E-state index contributed by atoms with van der Waals surface area (Å²) in [6.45, 7) is 6.20. The lowest BCUT2D eigenvalue weighted by Gasteiger charge is -2.13. The van der Waals surface area contributed by atoms with Gasteiger partial charge in [-0.15, -0.1) is 12.6 Å². The number of nitrogens with one attached hydrogen (secondary N) is 3. The Morgan fingerprint density at radius 2 is 1.67 bits per heavy atom. The van der Waals surface area contributed by atoms with Crippen molar-refractivity contribution < 1.29 is 4.21 Å². The Kier molecular flexibility index (Phi) is 8.49. The first-order valence-corrected chi connectivity index (χ1v) is 12.1. The van der Waals surface area contributed by atoms with Crippen LogP contribution in [0.2, 0.25) is 0 Å². The molecule has 0 aliphatic carbocycles. The predicted molar refractivity (Wildman–Crippen MR) is 141 cm³/mol. The molecule has 2 aromatic heterocycles. The molecule has 0 spiro atoms. The van der Waals surface area contributed by atoms with Gasteiger partial charge >= 0.3 is 0 Å². The van der Waals surface area contributed by atoms with Gasteiger partial charge in [0.2, 0.25) is 5.95 Å². The highest BCUT2D eigenvalue weighted by Gasteiger charge is 2.11. The molecule has 1 unspecified atom stereocenters. The number of H-pyrrole nitrogens is 1. The van der Waals surface area contributed by atoms with Crippen molar-refractivity contribution in [1.82, 2.24) is 19.3 Å². The molecule has 33 heavy (non-hydrogen) atoms. The molecule has 7 nitrogen and oxygen atoms in total. The molecule has 0 amide bonds. The number of hydrogen-bond donors (Lipinski definition) is 4. The smallest absolute Gasteiger partial charge is 0.231 e. The van der Waals surface area contributed by atoms with Crippen LogP contribution in [0.3, 0.4) is 0 Å². The highest BCUT2D eigenvalue weighted by molar-refractivity contribution is 7.82. The first-order valence-electron chi connectivity index (χ1n) is 10.6. The second-order valence-corrected chi connectivity index (χ2v) is 10.2. The minimum atomic E-state index is -1.15. The van der Waals surface area contributed by atoms with E-state index in [-0.39, 0.29) is 6.04 Å². The van der Waals surface area contributed by atoms with Crippen molar-refractivity contribution in [1.29, 1.82) is 0 Å². The number of aromatic nitrogens is 3. The van der Waals surface area contributed by atoms with Gasteiger partial charge in [-0.25, -0.2) is 8.51 Å². The molecule has 1 atom stereocenters. The summed E-state index contributed by atoms with van der Waals surface area (Å²) in [6, 6.07) is 17.7. The van der Waals surface area contributed by atoms with E-state index in [1.807, 2.05) is 60.8 Å². The van der Waals surface area contributed by atoms with E-state index in [1.54, 1.807) is 18.4 Å². The zero-order valence-electron chi connectivity index (χ0n) is 19.5. The highest BCUT2D eigenvalue weighted by Crippen LogP contribution is 2.24. The fourth-order valence-corrected chi connectivity index (χ4v) is 3.86. The van der Waals surface area contributed by atoms with Crippen LogP contribution in [0.4, 0.5) is 17.5 Å². The Balaban J connectivity index is 0.000000323. The Bertz CT molecular complexity index is 1180. The van der Waals surface area contributed by atoms with Crippen LogP contribution in [-0.2, 0) is 11.0 Å². The minimum absolute atomic E-state index is 0.265. The van der Waals surface area contributed by atoms with Gasteiger partial charge in [-0.05, 0) is 77.3 Å². The molecule has 174 valence electrons. The molecule has 0 saturated carbocycles. The number of fused-ring (bicyclic) bond motifs is 1. The van der Waals surface area contributed by atoms with Crippen LogP contribution in [0.15, 0.2) is 70.6 Å². The Hall–Kier alpha value is -2.88. The van der Waals surface area contributed by atoms with Gasteiger partial charge in [0.25, 0.3) is 0 Å². The van der Waals surface area contributed by atoms with Gasteiger partial charge in [-0.2, -0.15) is 9.97 Å². The summed E-state index contributed by atoms with van der Waals surface area (Å²) < 4.78 is 13.7. The molecule has 9 heteroatoms. The Morgan fingerprint density at radius 3 is 2.24 bits per heavy atom. The SMILES string of the molecule is CC(C)Nc1nc(Nc2ccc(S(=O)N(C)C)cc2)nc2[nH]ccc12.Cc1ccc(S)cc1. The number of nitrogens with zero attached hydrogens (tertiary/aromatic N) is 3. The van der Waals surface area contributed by atoms with E-state index in [0.29, 0.717) is 5.95 Å². The third-order valence-electron chi connectivity index (χ3n) is 4.52. The fraction of sp³-hybridized carbons (Fsp3) is 0.250. The number of aromatic amines is 1. The summed E-state index contributed by atoms with van der Waals surface area (Å²) in [6.07, 6.45) is 1.85. The standard InChI is InChI=1S/C17H22N6OS.C7H8S/c1-11(2)19-16-14-9-10-18-15(14)21-17(22-16)20-12-5-7-13(8-6-12)25(24)23(3)4;1-6-2-4-7(8)5-3-6/h5-11H,1-4H3,(H3,18,19,20,21,22);2-5,8H,1H3. The average Bonchev–Trinajstić information content (AvgIpc) is 3.25. The topological polar surface area (TPSA) is 85.9 Å². The first kappa shape index (κ1) is 24.8. The van der Waals surface area contributed by atoms with E-state index >= 15 is 0 Å². The predicted octanol–water partition coefficient (Wildman–Crippen LogP) is 5.39. The summed E-state index contributed by atoms with van der Waals surface area (Å²) in [5.74, 6) is 1.29. The molecule has 0 fully saturated rings. The third-order valence-corrected chi connectivity index (χ3v) is 6.16. The van der Waals surface area contributed by atoms with E-state index in [4.69, 9.17) is 0 Å². The van der Waals surface area contributed by atoms with Crippen LogP contribution in [0.25, 0.3) is 11.0 Å². The van der Waals surface area contributed by atoms with Gasteiger partial charge in [0.05, 0.1) is 10.3 Å². The van der Waals surface area contributed by atoms with Gasteiger partial charge < -0.3 is 15.6 Å². The van der Waals surface area contributed by atoms with E-state index in [0.717, 1.165) is 32.3 Å². The summed E-state index contributed by atoms with van der Waals surface area (Å²) in [4.78, 5) is 14.0. The van der Waals surface area contributed by atoms with Crippen LogP contribution in [0.5, 0.6) is 0 Å². The molecule has 2 heterocycles.